The zero-order valence-electron chi connectivity index (χ0n) is 13.8. The van der Waals surface area contributed by atoms with Crippen molar-refractivity contribution in [3.63, 3.8) is 0 Å². The summed E-state index contributed by atoms with van der Waals surface area (Å²) in [6, 6.07) is 1.06. The summed E-state index contributed by atoms with van der Waals surface area (Å²) >= 11 is 1.49. The van der Waals surface area contributed by atoms with Gasteiger partial charge in [-0.1, -0.05) is 0 Å². The molecule has 0 spiro atoms. The van der Waals surface area contributed by atoms with Gasteiger partial charge in [0.2, 0.25) is 0 Å². The highest BCUT2D eigenvalue weighted by atomic mass is 32.1. The summed E-state index contributed by atoms with van der Waals surface area (Å²) in [6.07, 6.45) is 3.71. The maximum atomic E-state index is 12.7. The van der Waals surface area contributed by atoms with E-state index in [4.69, 9.17) is 0 Å². The molecule has 2 aromatic rings. The minimum Gasteiger partial charge on any atom is -0.347 e. The topological polar surface area (TPSA) is 58.1 Å². The Labute approximate surface area is 140 Å². The largest absolute Gasteiger partial charge is 0.347 e. The number of fused-ring (bicyclic) bond motifs is 1. The Hall–Kier alpha value is -1.53. The van der Waals surface area contributed by atoms with Crippen LogP contribution < -0.4 is 5.32 Å². The third kappa shape index (κ3) is 2.74. The molecule has 1 amide bonds. The van der Waals surface area contributed by atoms with E-state index in [9.17, 15) is 4.79 Å². The van der Waals surface area contributed by atoms with Crippen LogP contribution in [0.15, 0.2) is 0 Å². The van der Waals surface area contributed by atoms with Crippen LogP contribution in [0.3, 0.4) is 0 Å². The number of hydrogen-bond acceptors (Lipinski definition) is 5. The molecule has 4 rings (SSSR count). The fraction of sp³-hybridized carbons (Fsp3) is 0.588. The molecule has 0 radical (unpaired) electrons. The van der Waals surface area contributed by atoms with Crippen molar-refractivity contribution in [3.8, 4) is 0 Å². The Morgan fingerprint density at radius 1 is 1.22 bits per heavy atom. The fourth-order valence-corrected chi connectivity index (χ4v) is 4.80. The van der Waals surface area contributed by atoms with E-state index >= 15 is 0 Å². The summed E-state index contributed by atoms with van der Waals surface area (Å²) in [6.45, 7) is 8.00. The Morgan fingerprint density at radius 2 is 2.00 bits per heavy atom. The van der Waals surface area contributed by atoms with Gasteiger partial charge in [0.05, 0.1) is 4.88 Å². The Balaban J connectivity index is 1.55. The van der Waals surface area contributed by atoms with Crippen molar-refractivity contribution >= 4 is 27.5 Å². The second kappa shape index (κ2) is 5.53. The molecule has 0 bridgehead atoms. The molecule has 122 valence electrons. The van der Waals surface area contributed by atoms with Gasteiger partial charge in [0.1, 0.15) is 10.7 Å². The number of thiophene rings is 1. The first kappa shape index (κ1) is 15.0. The number of aromatic nitrogens is 2. The van der Waals surface area contributed by atoms with Crippen molar-refractivity contribution in [3.05, 3.63) is 22.0 Å². The SMILES string of the molecule is Cc1nc(C)c2c(C)c(C(=O)NC3CCN(C4CC4)C3)sc2n1. The molecule has 5 nitrogen and oxygen atoms in total. The summed E-state index contributed by atoms with van der Waals surface area (Å²) < 4.78 is 0. The number of carbonyl (C=O) groups is 1. The lowest BCUT2D eigenvalue weighted by Crippen LogP contribution is -2.37. The predicted octanol–water partition coefficient (Wildman–Crippen LogP) is 2.58. The molecule has 0 aromatic carbocycles. The maximum Gasteiger partial charge on any atom is 0.261 e. The second-order valence-corrected chi connectivity index (χ2v) is 7.78. The summed E-state index contributed by atoms with van der Waals surface area (Å²) in [5.41, 5.74) is 1.97. The molecule has 1 aliphatic carbocycles. The van der Waals surface area contributed by atoms with Gasteiger partial charge in [-0.2, -0.15) is 0 Å². The molecule has 1 saturated carbocycles. The molecule has 1 unspecified atom stereocenters. The van der Waals surface area contributed by atoms with Crippen LogP contribution in [-0.4, -0.2) is 45.9 Å². The minimum atomic E-state index is 0.0465. The van der Waals surface area contributed by atoms with Crippen LogP contribution >= 0.6 is 11.3 Å². The highest BCUT2D eigenvalue weighted by Crippen LogP contribution is 2.32. The molecule has 1 saturated heterocycles. The fourth-order valence-electron chi connectivity index (χ4n) is 3.62. The van der Waals surface area contributed by atoms with E-state index in [1.165, 1.54) is 24.2 Å². The van der Waals surface area contributed by atoms with Crippen LogP contribution in [0.5, 0.6) is 0 Å². The molecular formula is C17H22N4OS. The quantitative estimate of drug-likeness (QED) is 0.940. The van der Waals surface area contributed by atoms with Gasteiger partial charge in [-0.25, -0.2) is 9.97 Å². The molecule has 1 aliphatic heterocycles. The van der Waals surface area contributed by atoms with Crippen LogP contribution in [0, 0.1) is 20.8 Å². The molecule has 23 heavy (non-hydrogen) atoms. The van der Waals surface area contributed by atoms with Crippen LogP contribution in [0.1, 0.15) is 46.0 Å². The van der Waals surface area contributed by atoms with E-state index < -0.39 is 0 Å². The molecule has 1 atom stereocenters. The smallest absolute Gasteiger partial charge is 0.261 e. The Bertz CT molecular complexity index is 780. The number of nitrogens with zero attached hydrogens (tertiary/aromatic N) is 3. The van der Waals surface area contributed by atoms with E-state index in [1.807, 2.05) is 20.8 Å². The number of rotatable bonds is 3. The van der Waals surface area contributed by atoms with Crippen molar-refractivity contribution in [1.82, 2.24) is 20.2 Å². The molecular weight excluding hydrogens is 308 g/mol. The van der Waals surface area contributed by atoms with Crippen molar-refractivity contribution in [2.45, 2.75) is 52.1 Å². The molecule has 2 fully saturated rings. The highest BCUT2D eigenvalue weighted by molar-refractivity contribution is 7.20. The number of hydrogen-bond donors (Lipinski definition) is 1. The monoisotopic (exact) mass is 330 g/mol. The highest BCUT2D eigenvalue weighted by Gasteiger charge is 2.35. The van der Waals surface area contributed by atoms with Gasteiger partial charge in [0.25, 0.3) is 5.91 Å². The van der Waals surface area contributed by atoms with Crippen molar-refractivity contribution in [1.29, 1.82) is 0 Å². The predicted molar refractivity (Wildman–Crippen MR) is 92.1 cm³/mol. The van der Waals surface area contributed by atoms with Gasteiger partial charge in [-0.3, -0.25) is 9.69 Å². The molecule has 2 aromatic heterocycles. The molecule has 6 heteroatoms. The second-order valence-electron chi connectivity index (χ2n) is 6.78. The van der Waals surface area contributed by atoms with Gasteiger partial charge < -0.3 is 5.32 Å². The van der Waals surface area contributed by atoms with Gasteiger partial charge in [0.15, 0.2) is 0 Å². The van der Waals surface area contributed by atoms with Gasteiger partial charge in [0, 0.05) is 36.3 Å². The van der Waals surface area contributed by atoms with Crippen molar-refractivity contribution in [2.75, 3.05) is 13.1 Å². The lowest BCUT2D eigenvalue weighted by Gasteiger charge is -2.15. The zero-order chi connectivity index (χ0) is 16.1. The number of carbonyl (C=O) groups excluding carboxylic acids is 1. The van der Waals surface area contributed by atoms with Crippen molar-refractivity contribution < 1.29 is 4.79 Å². The first-order chi connectivity index (χ1) is 11.0. The van der Waals surface area contributed by atoms with E-state index in [0.29, 0.717) is 0 Å². The third-order valence-electron chi connectivity index (χ3n) is 4.91. The minimum absolute atomic E-state index is 0.0465. The zero-order valence-corrected chi connectivity index (χ0v) is 14.7. The average Bonchev–Trinajstić information content (AvgIpc) is 3.14. The van der Waals surface area contributed by atoms with Gasteiger partial charge >= 0.3 is 0 Å². The van der Waals surface area contributed by atoms with Crippen molar-refractivity contribution in [2.24, 2.45) is 0 Å². The van der Waals surface area contributed by atoms with E-state index in [1.54, 1.807) is 0 Å². The molecule has 1 N–H and O–H groups in total. The Kier molecular flexibility index (Phi) is 3.61. The van der Waals surface area contributed by atoms with Crippen LogP contribution in [0.25, 0.3) is 10.2 Å². The number of amides is 1. The standard InChI is InChI=1S/C17H22N4OS/c1-9-14-10(2)18-11(3)19-17(14)23-15(9)16(22)20-12-6-7-21(8-12)13-4-5-13/h12-13H,4-8H2,1-3H3,(H,20,22). The lowest BCUT2D eigenvalue weighted by molar-refractivity contribution is 0.0941. The summed E-state index contributed by atoms with van der Waals surface area (Å²) in [7, 11) is 0. The maximum absolute atomic E-state index is 12.7. The van der Waals surface area contributed by atoms with E-state index in [2.05, 4.69) is 20.2 Å². The lowest BCUT2D eigenvalue weighted by atomic mass is 10.1. The van der Waals surface area contributed by atoms with Crippen LogP contribution in [0.4, 0.5) is 0 Å². The van der Waals surface area contributed by atoms with Crippen LogP contribution in [0.2, 0.25) is 0 Å². The summed E-state index contributed by atoms with van der Waals surface area (Å²) in [5, 5.41) is 4.26. The molecule has 2 aliphatic rings. The van der Waals surface area contributed by atoms with Crippen LogP contribution in [-0.2, 0) is 0 Å². The number of nitrogens with one attached hydrogen (secondary N) is 1. The number of aryl methyl sites for hydroxylation is 3. The number of likely N-dealkylation sites (tertiary alicyclic amines) is 1. The molecule has 3 heterocycles. The first-order valence-electron chi connectivity index (χ1n) is 8.32. The summed E-state index contributed by atoms with van der Waals surface area (Å²) in [4.78, 5) is 25.9. The summed E-state index contributed by atoms with van der Waals surface area (Å²) in [5.74, 6) is 0.810. The third-order valence-corrected chi connectivity index (χ3v) is 6.09. The normalized spacial score (nSPS) is 22.0. The van der Waals surface area contributed by atoms with Gasteiger partial charge in [-0.15, -0.1) is 11.3 Å². The first-order valence-corrected chi connectivity index (χ1v) is 9.14. The average molecular weight is 330 g/mol. The Morgan fingerprint density at radius 3 is 2.74 bits per heavy atom. The van der Waals surface area contributed by atoms with E-state index in [-0.39, 0.29) is 11.9 Å². The van der Waals surface area contributed by atoms with Gasteiger partial charge in [-0.05, 0) is 45.6 Å². The van der Waals surface area contributed by atoms with E-state index in [0.717, 1.165) is 57.7 Å².